The third-order valence-electron chi connectivity index (χ3n) is 4.58. The number of nitro benzene ring substituents is 1. The molecule has 0 radical (unpaired) electrons. The minimum Gasteiger partial charge on any atom is -0.466 e. The number of carbonyl (C=O) groups is 1. The van der Waals surface area contributed by atoms with Gasteiger partial charge in [0.2, 0.25) is 0 Å². The molecule has 1 aliphatic heterocycles. The van der Waals surface area contributed by atoms with Gasteiger partial charge < -0.3 is 10.1 Å². The van der Waals surface area contributed by atoms with Crippen molar-refractivity contribution in [3.8, 4) is 0 Å². The summed E-state index contributed by atoms with van der Waals surface area (Å²) in [5, 5.41) is 14.5. The van der Waals surface area contributed by atoms with Crippen LogP contribution >= 0.6 is 12.2 Å². The number of rotatable bonds is 5. The molecule has 0 aliphatic carbocycles. The van der Waals surface area contributed by atoms with Gasteiger partial charge in [0, 0.05) is 23.5 Å². The highest BCUT2D eigenvalue weighted by Gasteiger charge is 2.36. The molecule has 7 nitrogen and oxygen atoms in total. The second-order valence-corrected chi connectivity index (χ2v) is 6.64. The van der Waals surface area contributed by atoms with Crippen LogP contribution in [0.5, 0.6) is 0 Å². The molecular formula is C20H18FN3O4S. The summed E-state index contributed by atoms with van der Waals surface area (Å²) < 4.78 is 18.4. The molecule has 2 aromatic rings. The Kier molecular flexibility index (Phi) is 5.88. The minimum absolute atomic E-state index is 0.0987. The molecule has 150 valence electrons. The molecule has 0 unspecified atom stereocenters. The summed E-state index contributed by atoms with van der Waals surface area (Å²) in [7, 11) is 1.27. The van der Waals surface area contributed by atoms with Crippen LogP contribution < -0.4 is 10.2 Å². The number of nitro groups is 1. The Balaban J connectivity index is 2.18. The average Bonchev–Trinajstić information content (AvgIpc) is 2.73. The van der Waals surface area contributed by atoms with E-state index >= 15 is 0 Å². The summed E-state index contributed by atoms with van der Waals surface area (Å²) in [4.78, 5) is 25.0. The van der Waals surface area contributed by atoms with Gasteiger partial charge in [0.25, 0.3) is 5.69 Å². The molecule has 0 aromatic heterocycles. The van der Waals surface area contributed by atoms with Crippen LogP contribution in [0.2, 0.25) is 0 Å². The normalized spacial score (nSPS) is 16.4. The fourth-order valence-corrected chi connectivity index (χ4v) is 3.63. The van der Waals surface area contributed by atoms with E-state index in [1.807, 2.05) is 6.92 Å². The van der Waals surface area contributed by atoms with Gasteiger partial charge in [-0.2, -0.15) is 0 Å². The Hall–Kier alpha value is -3.33. The van der Waals surface area contributed by atoms with Gasteiger partial charge in [-0.25, -0.2) is 9.18 Å². The number of nitrogens with one attached hydrogen (secondary N) is 1. The summed E-state index contributed by atoms with van der Waals surface area (Å²) in [5.74, 6) is -0.977. The maximum Gasteiger partial charge on any atom is 0.337 e. The van der Waals surface area contributed by atoms with Gasteiger partial charge in [0.05, 0.1) is 23.6 Å². The minimum atomic E-state index is -0.721. The highest BCUT2D eigenvalue weighted by molar-refractivity contribution is 7.80. The smallest absolute Gasteiger partial charge is 0.337 e. The monoisotopic (exact) mass is 415 g/mol. The zero-order valence-corrected chi connectivity index (χ0v) is 16.5. The number of allylic oxidation sites excluding steroid dienone is 1. The van der Waals surface area contributed by atoms with Crippen molar-refractivity contribution in [3.05, 3.63) is 81.3 Å². The number of carbonyl (C=O) groups excluding carboxylic acids is 1. The molecule has 3 rings (SSSR count). The van der Waals surface area contributed by atoms with Crippen molar-refractivity contribution in [2.45, 2.75) is 19.4 Å². The van der Waals surface area contributed by atoms with Crippen LogP contribution in [0.25, 0.3) is 0 Å². The Morgan fingerprint density at radius 2 is 2.00 bits per heavy atom. The van der Waals surface area contributed by atoms with Crippen LogP contribution in [0.1, 0.15) is 24.9 Å². The van der Waals surface area contributed by atoms with E-state index in [1.165, 1.54) is 31.4 Å². The molecule has 9 heteroatoms. The van der Waals surface area contributed by atoms with Crippen molar-refractivity contribution in [1.29, 1.82) is 0 Å². The van der Waals surface area contributed by atoms with Crippen molar-refractivity contribution in [2.24, 2.45) is 0 Å². The van der Waals surface area contributed by atoms with Crippen LogP contribution in [-0.4, -0.2) is 23.1 Å². The van der Waals surface area contributed by atoms with Crippen molar-refractivity contribution >= 4 is 34.7 Å². The molecule has 0 spiro atoms. The lowest BCUT2D eigenvalue weighted by molar-refractivity contribution is -0.384. The Morgan fingerprint density at radius 3 is 2.59 bits per heavy atom. The zero-order chi connectivity index (χ0) is 21.1. The van der Waals surface area contributed by atoms with E-state index in [-0.39, 0.29) is 16.4 Å². The second kappa shape index (κ2) is 8.36. The van der Waals surface area contributed by atoms with Gasteiger partial charge >= 0.3 is 5.97 Å². The molecule has 0 bridgehead atoms. The van der Waals surface area contributed by atoms with E-state index in [0.29, 0.717) is 23.4 Å². The number of nitrogens with zero attached hydrogens (tertiary/aromatic N) is 2. The number of benzene rings is 2. The summed E-state index contributed by atoms with van der Waals surface area (Å²) in [5.41, 5.74) is 1.85. The number of ether oxygens (including phenoxy) is 1. The van der Waals surface area contributed by atoms with Gasteiger partial charge in [-0.1, -0.05) is 19.1 Å². The maximum absolute atomic E-state index is 13.4. The van der Waals surface area contributed by atoms with Crippen molar-refractivity contribution in [2.75, 3.05) is 12.0 Å². The molecular weight excluding hydrogens is 397 g/mol. The lowest BCUT2D eigenvalue weighted by Crippen LogP contribution is -2.48. The van der Waals surface area contributed by atoms with Crippen LogP contribution in [0.15, 0.2) is 59.8 Å². The van der Waals surface area contributed by atoms with Gasteiger partial charge in [-0.15, -0.1) is 0 Å². The quantitative estimate of drug-likeness (QED) is 0.342. The third-order valence-corrected chi connectivity index (χ3v) is 4.88. The van der Waals surface area contributed by atoms with Gasteiger partial charge in [-0.3, -0.25) is 15.0 Å². The standard InChI is InChI=1S/C20H18FN3O4S/c1-3-16-17(19(25)28-2)18(12-5-4-6-15(11-12)24(26)27)22-20(29)23(16)14-9-7-13(21)8-10-14/h4-11,18H,3H2,1-2H3,(H,22,29)/t18-/m1/s1. The highest BCUT2D eigenvalue weighted by atomic mass is 32.1. The van der Waals surface area contributed by atoms with E-state index < -0.39 is 22.8 Å². The van der Waals surface area contributed by atoms with Crippen molar-refractivity contribution in [1.82, 2.24) is 5.32 Å². The fourth-order valence-electron chi connectivity index (χ4n) is 3.30. The number of non-ortho nitro benzene ring substituents is 1. The molecule has 1 aliphatic rings. The molecule has 0 saturated heterocycles. The number of hydrogen-bond donors (Lipinski definition) is 1. The number of halogens is 1. The fraction of sp³-hybridized carbons (Fsp3) is 0.200. The highest BCUT2D eigenvalue weighted by Crippen LogP contribution is 2.36. The molecule has 2 aromatic carbocycles. The Morgan fingerprint density at radius 1 is 1.31 bits per heavy atom. The average molecular weight is 415 g/mol. The molecule has 29 heavy (non-hydrogen) atoms. The first-order valence-electron chi connectivity index (χ1n) is 8.79. The van der Waals surface area contributed by atoms with Gasteiger partial charge in [0.15, 0.2) is 5.11 Å². The van der Waals surface area contributed by atoms with E-state index in [9.17, 15) is 19.3 Å². The van der Waals surface area contributed by atoms with Crippen LogP contribution in [0.3, 0.4) is 0 Å². The Labute approximate surface area is 171 Å². The predicted octanol–water partition coefficient (Wildman–Crippen LogP) is 4.01. The van der Waals surface area contributed by atoms with E-state index in [2.05, 4.69) is 5.32 Å². The number of hydrogen-bond acceptors (Lipinski definition) is 5. The summed E-state index contributed by atoms with van der Waals surface area (Å²) in [6, 6.07) is 11.0. The predicted molar refractivity (Wildman–Crippen MR) is 110 cm³/mol. The van der Waals surface area contributed by atoms with E-state index in [1.54, 1.807) is 29.2 Å². The van der Waals surface area contributed by atoms with Gasteiger partial charge in [-0.05, 0) is 48.5 Å². The second-order valence-electron chi connectivity index (χ2n) is 6.25. The maximum atomic E-state index is 13.4. The molecule has 0 amide bonds. The largest absolute Gasteiger partial charge is 0.466 e. The Bertz CT molecular complexity index is 1010. The lowest BCUT2D eigenvalue weighted by atomic mass is 9.93. The lowest BCUT2D eigenvalue weighted by Gasteiger charge is -2.38. The number of thiocarbonyl (C=S) groups is 1. The molecule has 1 N–H and O–H groups in total. The summed E-state index contributed by atoms with van der Waals surface area (Å²) in [6.07, 6.45) is 0.426. The first-order valence-corrected chi connectivity index (χ1v) is 9.20. The number of methoxy groups -OCH3 is 1. The van der Waals surface area contributed by atoms with Gasteiger partial charge in [0.1, 0.15) is 5.82 Å². The first-order chi connectivity index (χ1) is 13.9. The van der Waals surface area contributed by atoms with Crippen molar-refractivity contribution < 1.29 is 18.8 Å². The first kappa shape index (κ1) is 20.4. The number of anilines is 1. The molecule has 0 fully saturated rings. The molecule has 1 heterocycles. The third kappa shape index (κ3) is 3.95. The SMILES string of the molecule is CCC1=C(C(=O)OC)[C@@H](c2cccc([N+](=O)[O-])c2)NC(=S)N1c1ccc(F)cc1. The van der Waals surface area contributed by atoms with E-state index in [0.717, 1.165) is 0 Å². The zero-order valence-electron chi connectivity index (χ0n) is 15.7. The molecule has 0 saturated carbocycles. The van der Waals surface area contributed by atoms with Crippen LogP contribution in [0, 0.1) is 15.9 Å². The topological polar surface area (TPSA) is 84.7 Å². The van der Waals surface area contributed by atoms with Crippen LogP contribution in [0.4, 0.5) is 15.8 Å². The van der Waals surface area contributed by atoms with E-state index in [4.69, 9.17) is 17.0 Å². The molecule has 1 atom stereocenters. The number of esters is 1. The summed E-state index contributed by atoms with van der Waals surface area (Å²) >= 11 is 5.52. The summed E-state index contributed by atoms with van der Waals surface area (Å²) in [6.45, 7) is 1.85. The van der Waals surface area contributed by atoms with Crippen molar-refractivity contribution in [3.63, 3.8) is 0 Å². The van der Waals surface area contributed by atoms with Crippen LogP contribution in [-0.2, 0) is 9.53 Å².